The van der Waals surface area contributed by atoms with Crippen LogP contribution in [0.2, 0.25) is 0 Å². The second kappa shape index (κ2) is 7.39. The number of piperidine rings is 1. The third-order valence-corrected chi connectivity index (χ3v) is 3.37. The van der Waals surface area contributed by atoms with E-state index in [2.05, 4.69) is 19.2 Å². The fourth-order valence-electron chi connectivity index (χ4n) is 2.21. The Morgan fingerprint density at radius 1 is 1.28 bits per heavy atom. The van der Waals surface area contributed by atoms with Gasteiger partial charge in [0.25, 0.3) is 0 Å². The lowest BCUT2D eigenvalue weighted by molar-refractivity contribution is -0.135. The van der Waals surface area contributed by atoms with Crippen LogP contribution in [-0.2, 0) is 9.59 Å². The van der Waals surface area contributed by atoms with E-state index < -0.39 is 0 Å². The monoisotopic (exact) mass is 254 g/mol. The van der Waals surface area contributed by atoms with Crippen LogP contribution in [0.25, 0.3) is 0 Å². The van der Waals surface area contributed by atoms with Gasteiger partial charge in [-0.05, 0) is 25.2 Å². The molecule has 1 rings (SSSR count). The lowest BCUT2D eigenvalue weighted by Crippen LogP contribution is -2.43. The second-order valence-corrected chi connectivity index (χ2v) is 5.54. The van der Waals surface area contributed by atoms with Crippen LogP contribution >= 0.6 is 0 Å². The maximum atomic E-state index is 11.9. The zero-order valence-electron chi connectivity index (χ0n) is 11.9. The number of nitrogens with zero attached hydrogens (tertiary/aromatic N) is 1. The maximum absolute atomic E-state index is 11.9. The van der Waals surface area contributed by atoms with Crippen molar-refractivity contribution in [1.82, 2.24) is 10.2 Å². The molecule has 2 amide bonds. The number of hydrogen-bond donors (Lipinski definition) is 1. The normalized spacial score (nSPS) is 17.0. The highest BCUT2D eigenvalue weighted by molar-refractivity contribution is 5.80. The highest BCUT2D eigenvalue weighted by atomic mass is 16.2. The molecule has 0 bridgehead atoms. The molecule has 104 valence electrons. The van der Waals surface area contributed by atoms with Crippen molar-refractivity contribution in [3.05, 3.63) is 0 Å². The smallest absolute Gasteiger partial charge is 0.223 e. The molecule has 0 saturated carbocycles. The fourth-order valence-corrected chi connectivity index (χ4v) is 2.21. The van der Waals surface area contributed by atoms with E-state index in [9.17, 15) is 9.59 Å². The van der Waals surface area contributed by atoms with E-state index in [0.29, 0.717) is 12.3 Å². The molecule has 0 aromatic rings. The number of carbonyl (C=O) groups is 2. The van der Waals surface area contributed by atoms with Gasteiger partial charge in [-0.25, -0.2) is 0 Å². The van der Waals surface area contributed by atoms with Gasteiger partial charge in [0.2, 0.25) is 11.8 Å². The molecule has 1 saturated heterocycles. The summed E-state index contributed by atoms with van der Waals surface area (Å²) < 4.78 is 0. The molecule has 0 unspecified atom stereocenters. The summed E-state index contributed by atoms with van der Waals surface area (Å²) in [5.74, 6) is 0.972. The highest BCUT2D eigenvalue weighted by Crippen LogP contribution is 2.18. The third kappa shape index (κ3) is 4.67. The van der Waals surface area contributed by atoms with Gasteiger partial charge in [-0.1, -0.05) is 20.8 Å². The van der Waals surface area contributed by atoms with Crippen molar-refractivity contribution in [1.29, 1.82) is 0 Å². The SMILES string of the molecule is CCCC(=O)N1CCC(C(=O)NCC(C)C)CC1. The number of amides is 2. The first-order valence-corrected chi connectivity index (χ1v) is 7.10. The van der Waals surface area contributed by atoms with Crippen LogP contribution in [0.4, 0.5) is 0 Å². The lowest BCUT2D eigenvalue weighted by atomic mass is 9.95. The minimum absolute atomic E-state index is 0.0921. The van der Waals surface area contributed by atoms with Crippen molar-refractivity contribution in [3.63, 3.8) is 0 Å². The molecule has 4 heteroatoms. The molecular weight excluding hydrogens is 228 g/mol. The van der Waals surface area contributed by atoms with Gasteiger partial charge in [0, 0.05) is 32.0 Å². The Balaban J connectivity index is 2.30. The Morgan fingerprint density at radius 2 is 1.89 bits per heavy atom. The van der Waals surface area contributed by atoms with Crippen molar-refractivity contribution in [2.24, 2.45) is 11.8 Å². The molecule has 1 N–H and O–H groups in total. The largest absolute Gasteiger partial charge is 0.356 e. The first-order valence-electron chi connectivity index (χ1n) is 7.10. The Labute approximate surface area is 110 Å². The Morgan fingerprint density at radius 3 is 2.39 bits per heavy atom. The van der Waals surface area contributed by atoms with Crippen LogP contribution < -0.4 is 5.32 Å². The van der Waals surface area contributed by atoms with Gasteiger partial charge in [-0.3, -0.25) is 9.59 Å². The standard InChI is InChI=1S/C14H26N2O2/c1-4-5-13(17)16-8-6-12(7-9-16)14(18)15-10-11(2)3/h11-12H,4-10H2,1-3H3,(H,15,18). The molecule has 18 heavy (non-hydrogen) atoms. The molecule has 0 atom stereocenters. The Hall–Kier alpha value is -1.06. The molecule has 1 aliphatic rings. The lowest BCUT2D eigenvalue weighted by Gasteiger charge is -2.31. The van der Waals surface area contributed by atoms with Crippen molar-refractivity contribution < 1.29 is 9.59 Å². The van der Waals surface area contributed by atoms with E-state index in [1.54, 1.807) is 0 Å². The highest BCUT2D eigenvalue weighted by Gasteiger charge is 2.26. The second-order valence-electron chi connectivity index (χ2n) is 5.54. The molecule has 1 aliphatic heterocycles. The summed E-state index contributed by atoms with van der Waals surface area (Å²) in [6.07, 6.45) is 3.14. The third-order valence-electron chi connectivity index (χ3n) is 3.37. The molecule has 0 radical (unpaired) electrons. The van der Waals surface area contributed by atoms with Crippen LogP contribution in [0.15, 0.2) is 0 Å². The summed E-state index contributed by atoms with van der Waals surface area (Å²) in [5, 5.41) is 2.98. The fraction of sp³-hybridized carbons (Fsp3) is 0.857. The van der Waals surface area contributed by atoms with E-state index in [0.717, 1.165) is 38.9 Å². The van der Waals surface area contributed by atoms with Crippen LogP contribution in [0, 0.1) is 11.8 Å². The first-order chi connectivity index (χ1) is 8.54. The van der Waals surface area contributed by atoms with Crippen molar-refractivity contribution >= 4 is 11.8 Å². The molecule has 0 aromatic heterocycles. The van der Waals surface area contributed by atoms with Crippen molar-refractivity contribution in [3.8, 4) is 0 Å². The van der Waals surface area contributed by atoms with E-state index in [-0.39, 0.29) is 17.7 Å². The van der Waals surface area contributed by atoms with Gasteiger partial charge < -0.3 is 10.2 Å². The molecule has 0 aliphatic carbocycles. The average molecular weight is 254 g/mol. The van der Waals surface area contributed by atoms with E-state index in [1.807, 2.05) is 11.8 Å². The number of hydrogen-bond acceptors (Lipinski definition) is 2. The van der Waals surface area contributed by atoms with Gasteiger partial charge >= 0.3 is 0 Å². The minimum atomic E-state index is 0.0921. The quantitative estimate of drug-likeness (QED) is 0.813. The van der Waals surface area contributed by atoms with E-state index in [4.69, 9.17) is 0 Å². The number of likely N-dealkylation sites (tertiary alicyclic amines) is 1. The average Bonchev–Trinajstić information content (AvgIpc) is 2.36. The van der Waals surface area contributed by atoms with Crippen molar-refractivity contribution in [2.75, 3.05) is 19.6 Å². The van der Waals surface area contributed by atoms with Crippen LogP contribution in [0.5, 0.6) is 0 Å². The van der Waals surface area contributed by atoms with Gasteiger partial charge in [0.1, 0.15) is 0 Å². The summed E-state index contributed by atoms with van der Waals surface area (Å²) in [4.78, 5) is 25.5. The topological polar surface area (TPSA) is 49.4 Å². The van der Waals surface area contributed by atoms with Gasteiger partial charge in [-0.2, -0.15) is 0 Å². The Kier molecular flexibility index (Phi) is 6.16. The van der Waals surface area contributed by atoms with Gasteiger partial charge in [0.05, 0.1) is 0 Å². The summed E-state index contributed by atoms with van der Waals surface area (Å²) in [5.41, 5.74) is 0. The first kappa shape index (κ1) is 15.0. The van der Waals surface area contributed by atoms with Crippen molar-refractivity contribution in [2.45, 2.75) is 46.5 Å². The van der Waals surface area contributed by atoms with Crippen LogP contribution in [0.3, 0.4) is 0 Å². The van der Waals surface area contributed by atoms with Crippen LogP contribution in [0.1, 0.15) is 46.5 Å². The minimum Gasteiger partial charge on any atom is -0.356 e. The van der Waals surface area contributed by atoms with Gasteiger partial charge in [0.15, 0.2) is 0 Å². The van der Waals surface area contributed by atoms with Crippen LogP contribution in [-0.4, -0.2) is 36.3 Å². The summed E-state index contributed by atoms with van der Waals surface area (Å²) in [6, 6.07) is 0. The summed E-state index contributed by atoms with van der Waals surface area (Å²) in [6.45, 7) is 8.41. The zero-order chi connectivity index (χ0) is 13.5. The molecule has 0 spiro atoms. The summed E-state index contributed by atoms with van der Waals surface area (Å²) in [7, 11) is 0. The molecule has 1 fully saturated rings. The zero-order valence-corrected chi connectivity index (χ0v) is 11.9. The number of rotatable bonds is 5. The summed E-state index contributed by atoms with van der Waals surface area (Å²) >= 11 is 0. The number of carbonyl (C=O) groups excluding carboxylic acids is 2. The Bertz CT molecular complexity index is 282. The predicted octanol–water partition coefficient (Wildman–Crippen LogP) is 1.80. The van der Waals surface area contributed by atoms with Gasteiger partial charge in [-0.15, -0.1) is 0 Å². The molecule has 1 heterocycles. The molecular formula is C14H26N2O2. The molecule has 0 aromatic carbocycles. The van der Waals surface area contributed by atoms with E-state index in [1.165, 1.54) is 0 Å². The molecule has 4 nitrogen and oxygen atoms in total. The maximum Gasteiger partial charge on any atom is 0.223 e. The predicted molar refractivity (Wildman–Crippen MR) is 72.1 cm³/mol. The number of nitrogens with one attached hydrogen (secondary N) is 1. The van der Waals surface area contributed by atoms with E-state index >= 15 is 0 Å².